The number of carbonyl (C=O) groups is 2. The molecule has 1 unspecified atom stereocenters. The zero-order valence-electron chi connectivity index (χ0n) is 9.57. The van der Waals surface area contributed by atoms with Crippen molar-refractivity contribution >= 4 is 11.6 Å². The van der Waals surface area contributed by atoms with Crippen LogP contribution in [0.5, 0.6) is 0 Å². The highest BCUT2D eigenvalue weighted by molar-refractivity contribution is 6.00. The Morgan fingerprint density at radius 1 is 1.53 bits per heavy atom. The summed E-state index contributed by atoms with van der Waals surface area (Å²) in [5.41, 5.74) is 1.34. The number of ketones is 2. The molecule has 0 aliphatic carbocycles. The van der Waals surface area contributed by atoms with Gasteiger partial charge in [0.25, 0.3) is 0 Å². The molecular weight excluding hydrogens is 192 g/mol. The topological polar surface area (TPSA) is 52.0 Å². The first-order valence-corrected chi connectivity index (χ1v) is 4.95. The van der Waals surface area contributed by atoms with Gasteiger partial charge in [-0.2, -0.15) is 5.10 Å². The highest BCUT2D eigenvalue weighted by Gasteiger charge is 2.20. The van der Waals surface area contributed by atoms with E-state index in [-0.39, 0.29) is 17.5 Å². The van der Waals surface area contributed by atoms with Crippen molar-refractivity contribution in [2.45, 2.75) is 27.2 Å². The standard InChI is InChI=1S/C11H16N2O2/c1-7(5-8(2)14)11(15)10-6-13(4)12-9(10)3/h6-7H,5H2,1-4H3. The van der Waals surface area contributed by atoms with Gasteiger partial charge in [0.05, 0.1) is 11.3 Å². The highest BCUT2D eigenvalue weighted by Crippen LogP contribution is 2.14. The summed E-state index contributed by atoms with van der Waals surface area (Å²) in [6.07, 6.45) is 2.00. The summed E-state index contributed by atoms with van der Waals surface area (Å²) < 4.78 is 1.61. The van der Waals surface area contributed by atoms with Crippen LogP contribution in [0, 0.1) is 12.8 Å². The summed E-state index contributed by atoms with van der Waals surface area (Å²) in [6.45, 7) is 5.07. The van der Waals surface area contributed by atoms with Gasteiger partial charge in [-0.25, -0.2) is 0 Å². The van der Waals surface area contributed by atoms with Crippen molar-refractivity contribution in [3.05, 3.63) is 17.5 Å². The molecule has 4 heteroatoms. The van der Waals surface area contributed by atoms with E-state index < -0.39 is 0 Å². The van der Waals surface area contributed by atoms with Crippen LogP contribution in [0.25, 0.3) is 0 Å². The molecule has 0 N–H and O–H groups in total. The van der Waals surface area contributed by atoms with Gasteiger partial charge >= 0.3 is 0 Å². The van der Waals surface area contributed by atoms with E-state index in [1.807, 2.05) is 0 Å². The van der Waals surface area contributed by atoms with E-state index in [4.69, 9.17) is 0 Å². The Hall–Kier alpha value is -1.45. The minimum absolute atomic E-state index is 0.00389. The smallest absolute Gasteiger partial charge is 0.169 e. The van der Waals surface area contributed by atoms with Crippen molar-refractivity contribution in [2.24, 2.45) is 13.0 Å². The normalized spacial score (nSPS) is 12.5. The van der Waals surface area contributed by atoms with Gasteiger partial charge in [-0.3, -0.25) is 9.48 Å². The van der Waals surface area contributed by atoms with Crippen molar-refractivity contribution in [1.29, 1.82) is 0 Å². The molecule has 1 aromatic rings. The van der Waals surface area contributed by atoms with Crippen LogP contribution < -0.4 is 0 Å². The second-order valence-electron chi connectivity index (χ2n) is 3.97. The fourth-order valence-corrected chi connectivity index (χ4v) is 1.63. The maximum absolute atomic E-state index is 11.9. The van der Waals surface area contributed by atoms with Crippen molar-refractivity contribution in [1.82, 2.24) is 9.78 Å². The monoisotopic (exact) mass is 208 g/mol. The van der Waals surface area contributed by atoms with Gasteiger partial charge in [-0.1, -0.05) is 6.92 Å². The van der Waals surface area contributed by atoms with Crippen molar-refractivity contribution in [3.63, 3.8) is 0 Å². The highest BCUT2D eigenvalue weighted by atomic mass is 16.1. The molecule has 0 aliphatic rings. The molecule has 0 spiro atoms. The first kappa shape index (κ1) is 11.6. The lowest BCUT2D eigenvalue weighted by atomic mass is 9.95. The summed E-state index contributed by atoms with van der Waals surface area (Å²) in [5, 5.41) is 4.10. The lowest BCUT2D eigenvalue weighted by molar-refractivity contribution is -0.117. The van der Waals surface area contributed by atoms with Crippen LogP contribution in [0.1, 0.15) is 36.3 Å². The second-order valence-corrected chi connectivity index (χ2v) is 3.97. The lowest BCUT2D eigenvalue weighted by Gasteiger charge is -2.06. The van der Waals surface area contributed by atoms with E-state index in [2.05, 4.69) is 5.10 Å². The quantitative estimate of drug-likeness (QED) is 0.705. The first-order valence-electron chi connectivity index (χ1n) is 4.95. The molecule has 15 heavy (non-hydrogen) atoms. The van der Waals surface area contributed by atoms with Crippen LogP contribution in [-0.2, 0) is 11.8 Å². The number of hydrogen-bond acceptors (Lipinski definition) is 3. The number of Topliss-reactive ketones (excluding diaryl/α,β-unsaturated/α-hetero) is 2. The maximum Gasteiger partial charge on any atom is 0.169 e. The molecule has 0 aliphatic heterocycles. The zero-order chi connectivity index (χ0) is 11.6. The van der Waals surface area contributed by atoms with Crippen LogP contribution in [-0.4, -0.2) is 21.3 Å². The van der Waals surface area contributed by atoms with Crippen LogP contribution in [0.4, 0.5) is 0 Å². The van der Waals surface area contributed by atoms with Crippen LogP contribution in [0.15, 0.2) is 6.20 Å². The Kier molecular flexibility index (Phi) is 3.39. The molecule has 1 atom stereocenters. The predicted octanol–water partition coefficient (Wildman–Crippen LogP) is 1.53. The largest absolute Gasteiger partial charge is 0.300 e. The van der Waals surface area contributed by atoms with E-state index in [0.29, 0.717) is 12.0 Å². The van der Waals surface area contributed by atoms with Gasteiger partial charge < -0.3 is 4.79 Å². The summed E-state index contributed by atoms with van der Waals surface area (Å²) in [5.74, 6) is -0.224. The molecule has 0 bridgehead atoms. The van der Waals surface area contributed by atoms with Crippen LogP contribution in [0.3, 0.4) is 0 Å². The zero-order valence-corrected chi connectivity index (χ0v) is 9.57. The average molecular weight is 208 g/mol. The third-order valence-electron chi connectivity index (χ3n) is 2.32. The minimum atomic E-state index is -0.259. The molecule has 82 valence electrons. The van der Waals surface area contributed by atoms with E-state index in [0.717, 1.165) is 5.69 Å². The van der Waals surface area contributed by atoms with Crippen molar-refractivity contribution in [3.8, 4) is 0 Å². The first-order chi connectivity index (χ1) is 6.91. The SMILES string of the molecule is CC(=O)CC(C)C(=O)c1cn(C)nc1C. The molecule has 0 aromatic carbocycles. The Morgan fingerprint density at radius 3 is 2.53 bits per heavy atom. The summed E-state index contributed by atoms with van der Waals surface area (Å²) in [6, 6.07) is 0. The number of nitrogens with zero attached hydrogens (tertiary/aromatic N) is 2. The number of rotatable bonds is 4. The number of aryl methyl sites for hydroxylation is 2. The lowest BCUT2D eigenvalue weighted by Crippen LogP contribution is -2.14. The third-order valence-corrected chi connectivity index (χ3v) is 2.32. The molecule has 1 aromatic heterocycles. The van der Waals surface area contributed by atoms with Gasteiger partial charge in [0.15, 0.2) is 5.78 Å². The minimum Gasteiger partial charge on any atom is -0.300 e. The van der Waals surface area contributed by atoms with Gasteiger partial charge in [0, 0.05) is 25.6 Å². The third kappa shape index (κ3) is 2.75. The van der Waals surface area contributed by atoms with Crippen LogP contribution >= 0.6 is 0 Å². The molecule has 0 radical (unpaired) electrons. The van der Waals surface area contributed by atoms with Gasteiger partial charge in [-0.15, -0.1) is 0 Å². The van der Waals surface area contributed by atoms with Crippen LogP contribution in [0.2, 0.25) is 0 Å². The van der Waals surface area contributed by atoms with Gasteiger partial charge in [0.1, 0.15) is 5.78 Å². The number of carbonyl (C=O) groups excluding carboxylic acids is 2. The fourth-order valence-electron chi connectivity index (χ4n) is 1.63. The molecule has 0 amide bonds. The van der Waals surface area contributed by atoms with Crippen molar-refractivity contribution in [2.75, 3.05) is 0 Å². The van der Waals surface area contributed by atoms with Crippen molar-refractivity contribution < 1.29 is 9.59 Å². The molecule has 1 heterocycles. The predicted molar refractivity (Wildman–Crippen MR) is 56.7 cm³/mol. The maximum atomic E-state index is 11.9. The molecule has 0 saturated carbocycles. The Morgan fingerprint density at radius 2 is 2.13 bits per heavy atom. The van der Waals surface area contributed by atoms with E-state index in [1.165, 1.54) is 6.92 Å². The summed E-state index contributed by atoms with van der Waals surface area (Å²) in [4.78, 5) is 22.8. The summed E-state index contributed by atoms with van der Waals surface area (Å²) >= 11 is 0. The Labute approximate surface area is 89.3 Å². The molecule has 1 rings (SSSR count). The average Bonchev–Trinajstić information content (AvgIpc) is 2.42. The number of hydrogen-bond donors (Lipinski definition) is 0. The van der Waals surface area contributed by atoms with E-state index in [1.54, 1.807) is 31.8 Å². The molecule has 0 saturated heterocycles. The number of aromatic nitrogens is 2. The molecule has 0 fully saturated rings. The Bertz CT molecular complexity index is 393. The molecular formula is C11H16N2O2. The second kappa shape index (κ2) is 4.38. The van der Waals surface area contributed by atoms with E-state index >= 15 is 0 Å². The van der Waals surface area contributed by atoms with Gasteiger partial charge in [0.2, 0.25) is 0 Å². The Balaban J connectivity index is 2.84. The van der Waals surface area contributed by atoms with E-state index in [9.17, 15) is 9.59 Å². The summed E-state index contributed by atoms with van der Waals surface area (Å²) in [7, 11) is 1.78. The fraction of sp³-hybridized carbons (Fsp3) is 0.545. The van der Waals surface area contributed by atoms with Gasteiger partial charge in [-0.05, 0) is 13.8 Å². The molecule has 4 nitrogen and oxygen atoms in total.